The topological polar surface area (TPSA) is 46.5 Å². The highest BCUT2D eigenvalue weighted by Crippen LogP contribution is 2.43. The molecule has 96 valence electrons. The van der Waals surface area contributed by atoms with Crippen LogP contribution < -0.4 is 0 Å². The van der Waals surface area contributed by atoms with Gasteiger partial charge in [0.2, 0.25) is 6.43 Å². The monoisotopic (exact) mass is 246 g/mol. The molecule has 0 aromatic carbocycles. The Hall–Kier alpha value is -0.970. The first-order chi connectivity index (χ1) is 8.06. The predicted octanol–water partition coefficient (Wildman–Crippen LogP) is 1.76. The van der Waals surface area contributed by atoms with Gasteiger partial charge in [-0.2, -0.15) is 0 Å². The maximum Gasteiger partial charge on any atom is 0.309 e. The van der Waals surface area contributed by atoms with Crippen molar-refractivity contribution in [3.05, 3.63) is 12.2 Å². The normalized spacial score (nSPS) is 32.1. The van der Waals surface area contributed by atoms with Crippen molar-refractivity contribution in [2.75, 3.05) is 6.61 Å². The summed E-state index contributed by atoms with van der Waals surface area (Å²) in [4.78, 5) is 11.7. The van der Waals surface area contributed by atoms with Crippen LogP contribution >= 0.6 is 0 Å². The Labute approximate surface area is 98.5 Å². The van der Waals surface area contributed by atoms with Crippen molar-refractivity contribution in [3.8, 4) is 0 Å². The summed E-state index contributed by atoms with van der Waals surface area (Å²) in [6.45, 7) is -0.333. The highest BCUT2D eigenvalue weighted by atomic mass is 19.3. The molecule has 2 bridgehead atoms. The summed E-state index contributed by atoms with van der Waals surface area (Å²) in [7, 11) is 0. The molecule has 0 radical (unpaired) electrons. The molecule has 0 saturated heterocycles. The van der Waals surface area contributed by atoms with Crippen molar-refractivity contribution < 1.29 is 23.4 Å². The van der Waals surface area contributed by atoms with Crippen molar-refractivity contribution in [1.29, 1.82) is 0 Å². The van der Waals surface area contributed by atoms with E-state index in [0.717, 1.165) is 12.8 Å². The number of aliphatic hydroxyl groups is 1. The van der Waals surface area contributed by atoms with Crippen LogP contribution in [0.4, 0.5) is 8.78 Å². The van der Waals surface area contributed by atoms with Crippen LogP contribution in [0.25, 0.3) is 0 Å². The lowest BCUT2D eigenvalue weighted by atomic mass is 9.94. The minimum atomic E-state index is -2.57. The van der Waals surface area contributed by atoms with Crippen LogP contribution in [0.3, 0.4) is 0 Å². The number of aliphatic hydroxyl groups excluding tert-OH is 1. The standard InChI is InChI=1S/C12H16F2O3/c13-11(14)5-9(15)6-17-12(16)10-4-7-1-2-8(10)3-7/h1-2,7-11,15H,3-6H2. The fourth-order valence-electron chi connectivity index (χ4n) is 2.61. The predicted molar refractivity (Wildman–Crippen MR) is 56.4 cm³/mol. The first kappa shape index (κ1) is 12.5. The lowest BCUT2D eigenvalue weighted by Crippen LogP contribution is -2.26. The molecule has 1 fully saturated rings. The van der Waals surface area contributed by atoms with E-state index in [2.05, 4.69) is 6.08 Å². The van der Waals surface area contributed by atoms with Gasteiger partial charge < -0.3 is 9.84 Å². The third-order valence-corrected chi connectivity index (χ3v) is 3.45. The minimum Gasteiger partial charge on any atom is -0.463 e. The van der Waals surface area contributed by atoms with Gasteiger partial charge in [0.25, 0.3) is 0 Å². The van der Waals surface area contributed by atoms with Crippen LogP contribution in [0.5, 0.6) is 0 Å². The molecule has 0 aromatic heterocycles. The Balaban J connectivity index is 1.73. The number of carbonyl (C=O) groups is 1. The summed E-state index contributed by atoms with van der Waals surface area (Å²) >= 11 is 0. The van der Waals surface area contributed by atoms with Crippen LogP contribution in [0.15, 0.2) is 12.2 Å². The first-order valence-electron chi connectivity index (χ1n) is 5.87. The SMILES string of the molecule is O=C(OCC(O)CC(F)F)C1CC2C=CC1C2. The van der Waals surface area contributed by atoms with E-state index in [9.17, 15) is 18.7 Å². The number of halogens is 2. The van der Waals surface area contributed by atoms with Gasteiger partial charge in [-0.05, 0) is 24.7 Å². The molecule has 2 aliphatic carbocycles. The number of ether oxygens (including phenoxy) is 1. The molecule has 4 atom stereocenters. The van der Waals surface area contributed by atoms with Crippen molar-refractivity contribution in [2.24, 2.45) is 17.8 Å². The molecule has 2 rings (SSSR count). The summed E-state index contributed by atoms with van der Waals surface area (Å²) in [6.07, 6.45) is 1.41. The molecule has 0 heterocycles. The van der Waals surface area contributed by atoms with E-state index in [-0.39, 0.29) is 24.4 Å². The van der Waals surface area contributed by atoms with Crippen LogP contribution in [-0.4, -0.2) is 30.2 Å². The zero-order chi connectivity index (χ0) is 12.4. The van der Waals surface area contributed by atoms with Gasteiger partial charge in [0.15, 0.2) is 0 Å². The van der Waals surface area contributed by atoms with Gasteiger partial charge in [-0.15, -0.1) is 0 Å². The van der Waals surface area contributed by atoms with E-state index in [4.69, 9.17) is 4.74 Å². The van der Waals surface area contributed by atoms with Crippen molar-refractivity contribution in [2.45, 2.75) is 31.8 Å². The summed E-state index contributed by atoms with van der Waals surface area (Å²) < 4.78 is 28.7. The summed E-state index contributed by atoms with van der Waals surface area (Å²) in [5.41, 5.74) is 0. The first-order valence-corrected chi connectivity index (χ1v) is 5.87. The largest absolute Gasteiger partial charge is 0.463 e. The Bertz CT molecular complexity index is 317. The molecule has 1 saturated carbocycles. The average molecular weight is 246 g/mol. The number of hydrogen-bond acceptors (Lipinski definition) is 3. The molecule has 17 heavy (non-hydrogen) atoms. The fraction of sp³-hybridized carbons (Fsp3) is 0.750. The van der Waals surface area contributed by atoms with E-state index >= 15 is 0 Å². The second-order valence-electron chi connectivity index (χ2n) is 4.80. The number of esters is 1. The fourth-order valence-corrected chi connectivity index (χ4v) is 2.61. The van der Waals surface area contributed by atoms with Crippen molar-refractivity contribution in [3.63, 3.8) is 0 Å². The molecule has 0 amide bonds. The molecule has 0 aromatic rings. The number of alkyl halides is 2. The molecule has 4 unspecified atom stereocenters. The third-order valence-electron chi connectivity index (χ3n) is 3.45. The van der Waals surface area contributed by atoms with Crippen LogP contribution in [0.2, 0.25) is 0 Å². The Morgan fingerprint density at radius 3 is 2.71 bits per heavy atom. The van der Waals surface area contributed by atoms with Crippen LogP contribution in [0, 0.1) is 17.8 Å². The van der Waals surface area contributed by atoms with Gasteiger partial charge >= 0.3 is 5.97 Å². The van der Waals surface area contributed by atoms with Gasteiger partial charge in [0.05, 0.1) is 12.0 Å². The lowest BCUT2D eigenvalue weighted by Gasteiger charge is -2.18. The van der Waals surface area contributed by atoms with E-state index in [1.54, 1.807) is 0 Å². The number of fused-ring (bicyclic) bond motifs is 2. The molecule has 0 spiro atoms. The number of rotatable bonds is 5. The smallest absolute Gasteiger partial charge is 0.309 e. The molecule has 1 N–H and O–H groups in total. The Morgan fingerprint density at radius 2 is 2.18 bits per heavy atom. The van der Waals surface area contributed by atoms with E-state index in [1.165, 1.54) is 0 Å². The molecule has 0 aliphatic heterocycles. The zero-order valence-corrected chi connectivity index (χ0v) is 9.39. The van der Waals surface area contributed by atoms with Crippen molar-refractivity contribution in [1.82, 2.24) is 0 Å². The number of allylic oxidation sites excluding steroid dienone is 2. The Kier molecular flexibility index (Phi) is 3.76. The van der Waals surface area contributed by atoms with Gasteiger partial charge in [-0.1, -0.05) is 12.2 Å². The maximum absolute atomic E-state index is 11.9. The van der Waals surface area contributed by atoms with Crippen LogP contribution in [0.1, 0.15) is 19.3 Å². The Morgan fingerprint density at radius 1 is 1.41 bits per heavy atom. The van der Waals surface area contributed by atoms with Gasteiger partial charge in [-0.25, -0.2) is 8.78 Å². The molecule has 2 aliphatic rings. The van der Waals surface area contributed by atoms with Gasteiger partial charge in [0, 0.05) is 6.42 Å². The number of carbonyl (C=O) groups excluding carboxylic acids is 1. The highest BCUT2D eigenvalue weighted by Gasteiger charge is 2.40. The van der Waals surface area contributed by atoms with Gasteiger partial charge in [-0.3, -0.25) is 4.79 Å². The second kappa shape index (κ2) is 5.12. The van der Waals surface area contributed by atoms with Gasteiger partial charge in [0.1, 0.15) is 6.61 Å². The zero-order valence-electron chi connectivity index (χ0n) is 9.39. The molecule has 3 nitrogen and oxygen atoms in total. The van der Waals surface area contributed by atoms with Crippen LogP contribution in [-0.2, 0) is 9.53 Å². The average Bonchev–Trinajstić information content (AvgIpc) is 2.86. The highest BCUT2D eigenvalue weighted by molar-refractivity contribution is 5.74. The van der Waals surface area contributed by atoms with Crippen molar-refractivity contribution >= 4 is 5.97 Å². The van der Waals surface area contributed by atoms with E-state index in [0.29, 0.717) is 5.92 Å². The minimum absolute atomic E-state index is 0.149. The summed E-state index contributed by atoms with van der Waals surface area (Å²) in [5.74, 6) is 0.183. The maximum atomic E-state index is 11.9. The van der Waals surface area contributed by atoms with E-state index in [1.807, 2.05) is 6.08 Å². The summed E-state index contributed by atoms with van der Waals surface area (Å²) in [5, 5.41) is 9.17. The molecular weight excluding hydrogens is 230 g/mol. The molecular formula is C12H16F2O3. The lowest BCUT2D eigenvalue weighted by molar-refractivity contribution is -0.153. The number of hydrogen-bond donors (Lipinski definition) is 1. The quantitative estimate of drug-likeness (QED) is 0.594. The van der Waals surface area contributed by atoms with E-state index < -0.39 is 19.0 Å². The second-order valence-corrected chi connectivity index (χ2v) is 4.80. The molecule has 5 heteroatoms. The third kappa shape index (κ3) is 3.03. The summed E-state index contributed by atoms with van der Waals surface area (Å²) in [6, 6.07) is 0.